The molecule has 0 amide bonds. The van der Waals surface area contributed by atoms with Gasteiger partial charge in [-0.05, 0) is 29.8 Å². The molecule has 0 saturated heterocycles. The number of alkyl halides is 3. The number of pyridine rings is 1. The van der Waals surface area contributed by atoms with Crippen molar-refractivity contribution in [2.75, 3.05) is 12.5 Å². The van der Waals surface area contributed by atoms with Crippen LogP contribution in [0.25, 0.3) is 28.0 Å². The molecule has 1 aliphatic rings. The van der Waals surface area contributed by atoms with E-state index in [2.05, 4.69) is 15.1 Å². The van der Waals surface area contributed by atoms with Crippen LogP contribution in [0.4, 0.5) is 19.0 Å². The number of anilines is 1. The third-order valence-corrected chi connectivity index (χ3v) is 4.61. The number of hydrogen-bond acceptors (Lipinski definition) is 6. The van der Waals surface area contributed by atoms with E-state index in [4.69, 9.17) is 15.2 Å². The van der Waals surface area contributed by atoms with Crippen LogP contribution >= 0.6 is 0 Å². The Bertz CT molecular complexity index is 1250. The van der Waals surface area contributed by atoms with Gasteiger partial charge in [-0.15, -0.1) is 0 Å². The number of nitrogens with two attached hydrogens (primary N) is 1. The van der Waals surface area contributed by atoms with Gasteiger partial charge in [-0.1, -0.05) is 6.07 Å². The molecule has 1 aromatic carbocycles. The Morgan fingerprint density at radius 2 is 1.79 bits per heavy atom. The van der Waals surface area contributed by atoms with Crippen molar-refractivity contribution in [3.05, 3.63) is 54.5 Å². The van der Waals surface area contributed by atoms with Crippen molar-refractivity contribution in [1.82, 2.24) is 19.6 Å². The number of halogens is 3. The zero-order valence-corrected chi connectivity index (χ0v) is 14.6. The molecule has 7 nitrogen and oxygen atoms in total. The van der Waals surface area contributed by atoms with Gasteiger partial charge in [0.15, 0.2) is 17.1 Å². The van der Waals surface area contributed by atoms with Crippen LogP contribution in [0.3, 0.4) is 0 Å². The Morgan fingerprint density at radius 1 is 0.966 bits per heavy atom. The van der Waals surface area contributed by atoms with E-state index >= 15 is 0 Å². The molecule has 0 fully saturated rings. The lowest BCUT2D eigenvalue weighted by molar-refractivity contribution is -0.137. The highest BCUT2D eigenvalue weighted by Gasteiger charge is 2.34. The van der Waals surface area contributed by atoms with E-state index in [1.54, 1.807) is 18.3 Å². The highest BCUT2D eigenvalue weighted by Crippen LogP contribution is 2.38. The molecule has 146 valence electrons. The quantitative estimate of drug-likeness (QED) is 0.552. The molecule has 1 aliphatic heterocycles. The van der Waals surface area contributed by atoms with Crippen molar-refractivity contribution in [2.24, 2.45) is 0 Å². The lowest BCUT2D eigenvalue weighted by Crippen LogP contribution is -2.10. The average molecular weight is 399 g/mol. The number of imidazole rings is 1. The van der Waals surface area contributed by atoms with Crippen LogP contribution in [0.2, 0.25) is 0 Å². The largest absolute Gasteiger partial charge is 0.454 e. The maximum Gasteiger partial charge on any atom is 0.419 e. The molecule has 0 bridgehead atoms. The first-order valence-corrected chi connectivity index (χ1v) is 8.47. The Morgan fingerprint density at radius 3 is 2.62 bits per heavy atom. The van der Waals surface area contributed by atoms with E-state index in [1.165, 1.54) is 16.9 Å². The summed E-state index contributed by atoms with van der Waals surface area (Å²) in [5.74, 6) is 0.682. The standard InChI is InChI=1S/C19H12F3N5O2/c20-19(21,22)13-5-11(7-24-17(13)23)14-8-25-18-12(3-4-26-27(14)18)10-1-2-15-16(6-10)29-9-28-15/h1-8H,9H2,(H2,23,24). The third-order valence-electron chi connectivity index (χ3n) is 4.61. The van der Waals surface area contributed by atoms with Crippen LogP contribution in [-0.2, 0) is 6.18 Å². The summed E-state index contributed by atoms with van der Waals surface area (Å²) in [5.41, 5.74) is 6.99. The minimum atomic E-state index is -4.61. The lowest BCUT2D eigenvalue weighted by Gasteiger charge is -2.11. The van der Waals surface area contributed by atoms with E-state index in [0.717, 1.165) is 17.2 Å². The second kappa shape index (κ2) is 6.09. The predicted molar refractivity (Wildman–Crippen MR) is 97.2 cm³/mol. The third kappa shape index (κ3) is 2.80. The molecule has 10 heteroatoms. The van der Waals surface area contributed by atoms with Crippen molar-refractivity contribution >= 4 is 11.5 Å². The SMILES string of the molecule is Nc1ncc(-c2cnc3c(-c4ccc5c(c4)OCO5)ccnn23)cc1C(F)(F)F. The fraction of sp³-hybridized carbons (Fsp3) is 0.105. The van der Waals surface area contributed by atoms with Crippen molar-refractivity contribution in [3.63, 3.8) is 0 Å². The van der Waals surface area contributed by atoms with Crippen molar-refractivity contribution in [1.29, 1.82) is 0 Å². The molecule has 29 heavy (non-hydrogen) atoms. The average Bonchev–Trinajstić information content (AvgIpc) is 3.33. The Kier molecular flexibility index (Phi) is 3.63. The lowest BCUT2D eigenvalue weighted by atomic mass is 10.1. The highest BCUT2D eigenvalue weighted by atomic mass is 19.4. The fourth-order valence-corrected chi connectivity index (χ4v) is 3.22. The van der Waals surface area contributed by atoms with Gasteiger partial charge in [0, 0.05) is 23.5 Å². The van der Waals surface area contributed by atoms with Crippen LogP contribution in [0.5, 0.6) is 11.5 Å². The smallest absolute Gasteiger partial charge is 0.419 e. The summed E-state index contributed by atoms with van der Waals surface area (Å²) in [5, 5.41) is 4.25. The maximum absolute atomic E-state index is 13.2. The van der Waals surface area contributed by atoms with Crippen LogP contribution in [0, 0.1) is 0 Å². The van der Waals surface area contributed by atoms with Crippen molar-refractivity contribution in [2.45, 2.75) is 6.18 Å². The molecule has 0 unspecified atom stereocenters. The van der Waals surface area contributed by atoms with Gasteiger partial charge in [-0.25, -0.2) is 14.5 Å². The molecule has 0 atom stereocenters. The van der Waals surface area contributed by atoms with Gasteiger partial charge >= 0.3 is 6.18 Å². The van der Waals surface area contributed by atoms with Crippen LogP contribution in [-0.4, -0.2) is 26.4 Å². The number of aromatic nitrogens is 4. The monoisotopic (exact) mass is 399 g/mol. The van der Waals surface area contributed by atoms with Crippen molar-refractivity contribution < 1.29 is 22.6 Å². The number of ether oxygens (including phenoxy) is 2. The molecule has 0 radical (unpaired) electrons. The summed E-state index contributed by atoms with van der Waals surface area (Å²) < 4.78 is 51.8. The first-order chi connectivity index (χ1) is 13.9. The minimum Gasteiger partial charge on any atom is -0.454 e. The first kappa shape index (κ1) is 17.3. The van der Waals surface area contributed by atoms with Gasteiger partial charge in [0.05, 0.1) is 17.5 Å². The molecular weight excluding hydrogens is 387 g/mol. The van der Waals surface area contributed by atoms with Gasteiger partial charge in [-0.3, -0.25) is 0 Å². The molecule has 4 aromatic rings. The second-order valence-electron chi connectivity index (χ2n) is 6.35. The van der Waals surface area contributed by atoms with Gasteiger partial charge < -0.3 is 15.2 Å². The summed E-state index contributed by atoms with van der Waals surface area (Å²) in [4.78, 5) is 8.05. The van der Waals surface area contributed by atoms with Crippen LogP contribution < -0.4 is 15.2 Å². The normalized spacial score (nSPS) is 13.2. The van der Waals surface area contributed by atoms with Crippen LogP contribution in [0.1, 0.15) is 5.56 Å². The maximum atomic E-state index is 13.2. The summed E-state index contributed by atoms with van der Waals surface area (Å²) in [7, 11) is 0. The van der Waals surface area contributed by atoms with Gasteiger partial charge in [-0.2, -0.15) is 18.3 Å². The molecule has 3 aromatic heterocycles. The molecule has 2 N–H and O–H groups in total. The highest BCUT2D eigenvalue weighted by molar-refractivity contribution is 5.80. The van der Waals surface area contributed by atoms with Gasteiger partial charge in [0.25, 0.3) is 0 Å². The number of benzene rings is 1. The molecule has 0 aliphatic carbocycles. The number of nitrogens with zero attached hydrogens (tertiary/aromatic N) is 4. The molecule has 0 spiro atoms. The number of hydrogen-bond donors (Lipinski definition) is 1. The molecule has 4 heterocycles. The Hall–Kier alpha value is -3.82. The summed E-state index contributed by atoms with van der Waals surface area (Å²) >= 11 is 0. The first-order valence-electron chi connectivity index (χ1n) is 8.47. The minimum absolute atomic E-state index is 0.156. The summed E-state index contributed by atoms with van der Waals surface area (Å²) in [6.45, 7) is 0.156. The topological polar surface area (TPSA) is 87.6 Å². The molecular formula is C19H12F3N5O2. The van der Waals surface area contributed by atoms with Crippen molar-refractivity contribution in [3.8, 4) is 33.9 Å². The predicted octanol–water partition coefficient (Wildman–Crippen LogP) is 3.79. The van der Waals surface area contributed by atoms with E-state index in [9.17, 15) is 13.2 Å². The summed E-state index contributed by atoms with van der Waals surface area (Å²) in [6.07, 6.45) is -0.346. The van der Waals surface area contributed by atoms with Gasteiger partial charge in [0.1, 0.15) is 5.82 Å². The zero-order valence-electron chi connectivity index (χ0n) is 14.6. The zero-order chi connectivity index (χ0) is 20.2. The molecule has 0 saturated carbocycles. The van der Waals surface area contributed by atoms with Crippen LogP contribution in [0.15, 0.2) is 48.9 Å². The van der Waals surface area contributed by atoms with E-state index < -0.39 is 17.6 Å². The second-order valence-corrected chi connectivity index (χ2v) is 6.35. The Balaban J connectivity index is 1.65. The van der Waals surface area contributed by atoms with E-state index in [1.807, 2.05) is 12.1 Å². The molecule has 5 rings (SSSR count). The summed E-state index contributed by atoms with van der Waals surface area (Å²) in [6, 6.07) is 8.17. The number of rotatable bonds is 2. The fourth-order valence-electron chi connectivity index (χ4n) is 3.22. The van der Waals surface area contributed by atoms with E-state index in [0.29, 0.717) is 22.8 Å². The van der Waals surface area contributed by atoms with Gasteiger partial charge in [0.2, 0.25) is 6.79 Å². The Labute approximate surface area is 161 Å². The number of nitrogen functional groups attached to an aromatic ring is 1. The van der Waals surface area contributed by atoms with E-state index in [-0.39, 0.29) is 12.4 Å². The number of fused-ring (bicyclic) bond motifs is 2.